The lowest BCUT2D eigenvalue weighted by molar-refractivity contribution is 0.643. The Morgan fingerprint density at radius 2 is 2.24 bits per heavy atom. The van der Waals surface area contributed by atoms with Crippen molar-refractivity contribution in [1.29, 1.82) is 5.26 Å². The van der Waals surface area contributed by atoms with Gasteiger partial charge in [-0.25, -0.2) is 4.98 Å². The Morgan fingerprint density at radius 1 is 1.53 bits per heavy atom. The summed E-state index contributed by atoms with van der Waals surface area (Å²) in [6.45, 7) is 1.70. The second-order valence-corrected chi connectivity index (χ2v) is 4.35. The smallest absolute Gasteiger partial charge is 0.258 e. The number of nitrogens with one attached hydrogen (secondary N) is 1. The van der Waals surface area contributed by atoms with Gasteiger partial charge in [0.1, 0.15) is 11.2 Å². The van der Waals surface area contributed by atoms with E-state index < -0.39 is 5.41 Å². The van der Waals surface area contributed by atoms with Gasteiger partial charge in [-0.05, 0) is 19.1 Å². The number of benzene rings is 1. The first-order valence-corrected chi connectivity index (χ1v) is 5.75. The maximum Gasteiger partial charge on any atom is 0.258 e. The van der Waals surface area contributed by atoms with E-state index in [0.29, 0.717) is 22.5 Å². The summed E-state index contributed by atoms with van der Waals surface area (Å²) in [7, 11) is 0. The number of fused-ring (bicyclic) bond motifs is 1. The van der Waals surface area contributed by atoms with E-state index in [1.54, 1.807) is 25.1 Å². The van der Waals surface area contributed by atoms with Crippen LogP contribution in [0.15, 0.2) is 29.1 Å². The highest BCUT2D eigenvalue weighted by atomic mass is 32.1. The van der Waals surface area contributed by atoms with Crippen molar-refractivity contribution in [3.63, 3.8) is 0 Å². The van der Waals surface area contributed by atoms with Gasteiger partial charge in [0.2, 0.25) is 0 Å². The summed E-state index contributed by atoms with van der Waals surface area (Å²) in [5.41, 5.74) is -0.518. The van der Waals surface area contributed by atoms with E-state index in [1.807, 2.05) is 6.07 Å². The van der Waals surface area contributed by atoms with E-state index in [4.69, 9.17) is 5.26 Å². The fourth-order valence-electron chi connectivity index (χ4n) is 1.51. The number of nitrogens with zero attached hydrogens (tertiary/aromatic N) is 2. The van der Waals surface area contributed by atoms with Gasteiger partial charge in [0.25, 0.3) is 5.56 Å². The van der Waals surface area contributed by atoms with Crippen molar-refractivity contribution in [2.45, 2.75) is 12.3 Å². The number of thiol groups is 1. The highest BCUT2D eigenvalue weighted by molar-refractivity contribution is 7.80. The van der Waals surface area contributed by atoms with Gasteiger partial charge in [0.15, 0.2) is 0 Å². The largest absolute Gasteiger partial charge is 0.309 e. The SMILES string of the molecule is CC(C#N)(CS)c1nc2ccccc2c(=O)[nH]1. The third kappa shape index (κ3) is 1.92. The second kappa shape index (κ2) is 4.22. The Kier molecular flexibility index (Phi) is 2.90. The first-order valence-electron chi connectivity index (χ1n) is 5.12. The van der Waals surface area contributed by atoms with Gasteiger partial charge in [-0.3, -0.25) is 4.79 Å². The Morgan fingerprint density at radius 3 is 2.88 bits per heavy atom. The number of hydrogen-bond donors (Lipinski definition) is 2. The molecular formula is C12H11N3OS. The molecule has 0 aliphatic heterocycles. The van der Waals surface area contributed by atoms with Crippen LogP contribution in [0.25, 0.3) is 10.9 Å². The molecule has 0 radical (unpaired) electrons. The van der Waals surface area contributed by atoms with Crippen LogP contribution in [0, 0.1) is 11.3 Å². The topological polar surface area (TPSA) is 69.5 Å². The zero-order valence-electron chi connectivity index (χ0n) is 9.27. The summed E-state index contributed by atoms with van der Waals surface area (Å²) in [6, 6.07) is 9.17. The van der Waals surface area contributed by atoms with E-state index in [-0.39, 0.29) is 5.56 Å². The molecule has 5 heteroatoms. The molecule has 0 aliphatic carbocycles. The maximum absolute atomic E-state index is 11.8. The van der Waals surface area contributed by atoms with E-state index in [0.717, 1.165) is 0 Å². The fraction of sp³-hybridized carbons (Fsp3) is 0.250. The summed E-state index contributed by atoms with van der Waals surface area (Å²) in [5, 5.41) is 9.66. The molecule has 1 N–H and O–H groups in total. The van der Waals surface area contributed by atoms with E-state index in [9.17, 15) is 4.79 Å². The van der Waals surface area contributed by atoms with Crippen molar-refractivity contribution in [2.75, 3.05) is 5.75 Å². The van der Waals surface area contributed by atoms with Gasteiger partial charge < -0.3 is 4.98 Å². The summed E-state index contributed by atoms with van der Waals surface area (Å²) in [4.78, 5) is 18.8. The third-order valence-corrected chi connectivity index (χ3v) is 3.33. The molecule has 0 fully saturated rings. The number of H-pyrrole nitrogens is 1. The number of aromatic nitrogens is 2. The van der Waals surface area contributed by atoms with Gasteiger partial charge in [-0.15, -0.1) is 0 Å². The predicted molar refractivity (Wildman–Crippen MR) is 69.2 cm³/mol. The molecule has 1 aromatic heterocycles. The standard InChI is InChI=1S/C12H11N3OS/c1-12(6-13,7-17)11-14-9-5-3-2-4-8(9)10(16)15-11/h2-5,17H,7H2,1H3,(H,14,15,16). The molecular weight excluding hydrogens is 234 g/mol. The van der Waals surface area contributed by atoms with E-state index >= 15 is 0 Å². The molecule has 2 rings (SSSR count). The van der Waals surface area contributed by atoms with Crippen molar-refractivity contribution in [1.82, 2.24) is 9.97 Å². The van der Waals surface area contributed by atoms with E-state index in [1.165, 1.54) is 0 Å². The van der Waals surface area contributed by atoms with Gasteiger partial charge in [0, 0.05) is 5.75 Å². The zero-order chi connectivity index (χ0) is 12.5. The van der Waals surface area contributed by atoms with Gasteiger partial charge in [-0.2, -0.15) is 17.9 Å². The van der Waals surface area contributed by atoms with Gasteiger partial charge >= 0.3 is 0 Å². The van der Waals surface area contributed by atoms with Crippen molar-refractivity contribution < 1.29 is 0 Å². The number of hydrogen-bond acceptors (Lipinski definition) is 4. The van der Waals surface area contributed by atoms with Crippen LogP contribution >= 0.6 is 12.6 Å². The summed E-state index contributed by atoms with van der Waals surface area (Å²) >= 11 is 4.14. The minimum Gasteiger partial charge on any atom is -0.309 e. The van der Waals surface area contributed by atoms with Crippen molar-refractivity contribution in [3.05, 3.63) is 40.4 Å². The summed E-state index contributed by atoms with van der Waals surface area (Å²) in [5.74, 6) is 0.656. The lowest BCUT2D eigenvalue weighted by Gasteiger charge is -2.17. The Bertz CT molecular complexity index is 659. The molecule has 0 bridgehead atoms. The van der Waals surface area contributed by atoms with Crippen LogP contribution in [0.3, 0.4) is 0 Å². The molecule has 1 heterocycles. The average molecular weight is 245 g/mol. The molecule has 0 saturated carbocycles. The minimum absolute atomic E-state index is 0.228. The molecule has 1 atom stereocenters. The lowest BCUT2D eigenvalue weighted by Crippen LogP contribution is -2.28. The normalized spacial score (nSPS) is 14.2. The number of para-hydroxylation sites is 1. The first-order chi connectivity index (χ1) is 8.10. The number of rotatable bonds is 2. The lowest BCUT2D eigenvalue weighted by atomic mass is 9.94. The molecule has 17 heavy (non-hydrogen) atoms. The quantitative estimate of drug-likeness (QED) is 0.790. The highest BCUT2D eigenvalue weighted by Crippen LogP contribution is 2.21. The fourth-order valence-corrected chi connectivity index (χ4v) is 1.73. The minimum atomic E-state index is -0.883. The number of nitriles is 1. The van der Waals surface area contributed by atoms with Crippen LogP contribution < -0.4 is 5.56 Å². The Labute approximate surface area is 104 Å². The van der Waals surface area contributed by atoms with Crippen LogP contribution in [0.5, 0.6) is 0 Å². The Balaban J connectivity index is 2.75. The highest BCUT2D eigenvalue weighted by Gasteiger charge is 2.28. The molecule has 4 nitrogen and oxygen atoms in total. The third-order valence-electron chi connectivity index (χ3n) is 2.70. The monoisotopic (exact) mass is 245 g/mol. The molecule has 0 aliphatic rings. The van der Waals surface area contributed by atoms with Crippen molar-refractivity contribution in [3.8, 4) is 6.07 Å². The molecule has 2 aromatic rings. The van der Waals surface area contributed by atoms with Crippen molar-refractivity contribution in [2.24, 2.45) is 0 Å². The maximum atomic E-state index is 11.8. The van der Waals surface area contributed by atoms with Crippen molar-refractivity contribution >= 4 is 23.5 Å². The number of aromatic amines is 1. The summed E-state index contributed by atoms with van der Waals surface area (Å²) in [6.07, 6.45) is 0. The van der Waals surface area contributed by atoms with Crippen LogP contribution in [0.2, 0.25) is 0 Å². The van der Waals surface area contributed by atoms with Crippen LogP contribution in [0.4, 0.5) is 0 Å². The zero-order valence-corrected chi connectivity index (χ0v) is 10.2. The molecule has 0 amide bonds. The van der Waals surface area contributed by atoms with Crippen LogP contribution in [-0.4, -0.2) is 15.7 Å². The summed E-state index contributed by atoms with van der Waals surface area (Å²) < 4.78 is 0. The average Bonchev–Trinajstić information content (AvgIpc) is 2.38. The Hall–Kier alpha value is -1.80. The van der Waals surface area contributed by atoms with Gasteiger partial charge in [0.05, 0.1) is 17.0 Å². The van der Waals surface area contributed by atoms with Crippen LogP contribution in [0.1, 0.15) is 12.7 Å². The van der Waals surface area contributed by atoms with Gasteiger partial charge in [-0.1, -0.05) is 12.1 Å². The molecule has 1 unspecified atom stereocenters. The first kappa shape index (κ1) is 11.7. The van der Waals surface area contributed by atoms with E-state index in [2.05, 4.69) is 28.7 Å². The molecule has 0 spiro atoms. The predicted octanol–water partition coefficient (Wildman–Crippen LogP) is 1.63. The van der Waals surface area contributed by atoms with Crippen LogP contribution in [-0.2, 0) is 5.41 Å². The molecule has 0 saturated heterocycles. The second-order valence-electron chi connectivity index (χ2n) is 4.03. The molecule has 1 aromatic carbocycles. The molecule has 86 valence electrons.